The summed E-state index contributed by atoms with van der Waals surface area (Å²) in [5.74, 6) is 0.998. The van der Waals surface area contributed by atoms with Crippen LogP contribution in [0.15, 0.2) is 41.6 Å². The summed E-state index contributed by atoms with van der Waals surface area (Å²) in [6.07, 6.45) is 5.29. The molecule has 0 aliphatic carbocycles. The van der Waals surface area contributed by atoms with Crippen LogP contribution >= 0.6 is 0 Å². The zero-order valence-electron chi connectivity index (χ0n) is 13.4. The lowest BCUT2D eigenvalue weighted by atomic mass is 9.99. The quantitative estimate of drug-likeness (QED) is 0.929. The van der Waals surface area contributed by atoms with Crippen molar-refractivity contribution < 1.29 is 8.42 Å². The highest BCUT2D eigenvalue weighted by Gasteiger charge is 2.31. The second-order valence-corrected chi connectivity index (χ2v) is 8.01. The molecule has 1 unspecified atom stereocenters. The van der Waals surface area contributed by atoms with E-state index in [1.54, 1.807) is 34.9 Å². The summed E-state index contributed by atoms with van der Waals surface area (Å²) in [5, 5.41) is 0. The van der Waals surface area contributed by atoms with Crippen LogP contribution in [0.5, 0.6) is 0 Å². The SMILES string of the molecule is CN(C)c1cccc(S(=O)(=O)N2CCCC(c3ncc[nH]3)C2)c1. The highest BCUT2D eigenvalue weighted by molar-refractivity contribution is 7.89. The van der Waals surface area contributed by atoms with Gasteiger partial charge >= 0.3 is 0 Å². The smallest absolute Gasteiger partial charge is 0.243 e. The minimum absolute atomic E-state index is 0.130. The molecule has 1 saturated heterocycles. The van der Waals surface area contributed by atoms with Crippen molar-refractivity contribution in [1.82, 2.24) is 14.3 Å². The minimum atomic E-state index is -3.48. The summed E-state index contributed by atoms with van der Waals surface area (Å²) in [4.78, 5) is 9.64. The molecule has 1 aromatic heterocycles. The Labute approximate surface area is 137 Å². The number of sulfonamides is 1. The number of aromatic amines is 1. The first-order valence-electron chi connectivity index (χ1n) is 7.75. The molecule has 23 heavy (non-hydrogen) atoms. The van der Waals surface area contributed by atoms with E-state index in [-0.39, 0.29) is 5.92 Å². The summed E-state index contributed by atoms with van der Waals surface area (Å²) in [5.41, 5.74) is 0.880. The maximum atomic E-state index is 13.0. The van der Waals surface area contributed by atoms with Gasteiger partial charge in [0.1, 0.15) is 5.82 Å². The monoisotopic (exact) mass is 334 g/mol. The molecule has 1 atom stereocenters. The van der Waals surface area contributed by atoms with Gasteiger partial charge in [0.25, 0.3) is 0 Å². The topological polar surface area (TPSA) is 69.3 Å². The maximum Gasteiger partial charge on any atom is 0.243 e. The number of aromatic nitrogens is 2. The fourth-order valence-corrected chi connectivity index (χ4v) is 4.52. The highest BCUT2D eigenvalue weighted by atomic mass is 32.2. The van der Waals surface area contributed by atoms with Gasteiger partial charge in [-0.3, -0.25) is 0 Å². The number of nitrogens with one attached hydrogen (secondary N) is 1. The molecule has 2 aromatic rings. The number of anilines is 1. The van der Waals surface area contributed by atoms with Gasteiger partial charge in [-0.2, -0.15) is 4.31 Å². The lowest BCUT2D eigenvalue weighted by Gasteiger charge is -2.31. The van der Waals surface area contributed by atoms with Crippen LogP contribution in [0.3, 0.4) is 0 Å². The third-order valence-corrected chi connectivity index (χ3v) is 6.12. The zero-order chi connectivity index (χ0) is 16.4. The van der Waals surface area contributed by atoms with Crippen LogP contribution in [-0.2, 0) is 10.0 Å². The van der Waals surface area contributed by atoms with Crippen molar-refractivity contribution in [3.63, 3.8) is 0 Å². The Morgan fingerprint density at radius 2 is 2.17 bits per heavy atom. The van der Waals surface area contributed by atoms with Crippen LogP contribution in [0.2, 0.25) is 0 Å². The first-order chi connectivity index (χ1) is 11.0. The summed E-state index contributed by atoms with van der Waals surface area (Å²) in [6, 6.07) is 7.09. The van der Waals surface area contributed by atoms with Crippen LogP contribution in [0.25, 0.3) is 0 Å². The standard InChI is InChI=1S/C16H22N4O2S/c1-19(2)14-6-3-7-15(11-14)23(21,22)20-10-4-5-13(12-20)16-17-8-9-18-16/h3,6-9,11,13H,4-5,10,12H2,1-2H3,(H,17,18). The van der Waals surface area contributed by atoms with Gasteiger partial charge in [0.05, 0.1) is 4.90 Å². The molecule has 0 spiro atoms. The molecule has 1 aliphatic heterocycles. The van der Waals surface area contributed by atoms with Crippen molar-refractivity contribution >= 4 is 15.7 Å². The number of nitrogens with zero attached hydrogens (tertiary/aromatic N) is 3. The number of H-pyrrole nitrogens is 1. The normalized spacial score (nSPS) is 19.7. The number of rotatable bonds is 4. The highest BCUT2D eigenvalue weighted by Crippen LogP contribution is 2.29. The second kappa shape index (κ2) is 6.33. The average molecular weight is 334 g/mol. The molecule has 0 amide bonds. The fraction of sp³-hybridized carbons (Fsp3) is 0.438. The molecule has 1 aromatic carbocycles. The Kier molecular flexibility index (Phi) is 4.41. The summed E-state index contributed by atoms with van der Waals surface area (Å²) >= 11 is 0. The van der Waals surface area contributed by atoms with Gasteiger partial charge in [-0.15, -0.1) is 0 Å². The minimum Gasteiger partial charge on any atom is -0.378 e. The number of benzene rings is 1. The Bertz CT molecular complexity index is 756. The Balaban J connectivity index is 1.86. The third kappa shape index (κ3) is 3.25. The second-order valence-electron chi connectivity index (χ2n) is 6.07. The van der Waals surface area contributed by atoms with E-state index >= 15 is 0 Å². The van der Waals surface area contributed by atoms with Gasteiger partial charge in [-0.05, 0) is 31.0 Å². The first-order valence-corrected chi connectivity index (χ1v) is 9.19. The molecular weight excluding hydrogens is 312 g/mol. The van der Waals surface area contributed by atoms with Gasteiger partial charge in [0.15, 0.2) is 0 Å². The van der Waals surface area contributed by atoms with Crippen molar-refractivity contribution in [3.8, 4) is 0 Å². The number of piperidine rings is 1. The Morgan fingerprint density at radius 3 is 2.87 bits per heavy atom. The molecule has 2 heterocycles. The van der Waals surface area contributed by atoms with Gasteiger partial charge in [-0.1, -0.05) is 6.07 Å². The molecule has 0 saturated carbocycles. The average Bonchev–Trinajstić information content (AvgIpc) is 3.09. The van der Waals surface area contributed by atoms with Crippen LogP contribution in [-0.4, -0.2) is 49.9 Å². The van der Waals surface area contributed by atoms with Gasteiger partial charge in [-0.25, -0.2) is 13.4 Å². The van der Waals surface area contributed by atoms with E-state index in [4.69, 9.17) is 0 Å². The largest absolute Gasteiger partial charge is 0.378 e. The van der Waals surface area contributed by atoms with E-state index in [2.05, 4.69) is 9.97 Å². The van der Waals surface area contributed by atoms with Crippen molar-refractivity contribution in [3.05, 3.63) is 42.5 Å². The van der Waals surface area contributed by atoms with E-state index in [9.17, 15) is 8.42 Å². The molecule has 6 nitrogen and oxygen atoms in total. The lowest BCUT2D eigenvalue weighted by Crippen LogP contribution is -2.39. The van der Waals surface area contributed by atoms with Gasteiger partial charge in [0.2, 0.25) is 10.0 Å². The van der Waals surface area contributed by atoms with Crippen molar-refractivity contribution in [2.45, 2.75) is 23.7 Å². The summed E-state index contributed by atoms with van der Waals surface area (Å²) in [6.45, 7) is 1.04. The van der Waals surface area contributed by atoms with E-state index in [0.29, 0.717) is 18.0 Å². The van der Waals surface area contributed by atoms with Gasteiger partial charge in [0, 0.05) is 51.2 Å². The molecule has 7 heteroatoms. The maximum absolute atomic E-state index is 13.0. The zero-order valence-corrected chi connectivity index (χ0v) is 14.3. The van der Waals surface area contributed by atoms with Crippen LogP contribution in [0, 0.1) is 0 Å². The van der Waals surface area contributed by atoms with E-state index in [1.807, 2.05) is 25.1 Å². The van der Waals surface area contributed by atoms with Crippen molar-refractivity contribution in [1.29, 1.82) is 0 Å². The third-order valence-electron chi connectivity index (χ3n) is 4.26. The molecule has 0 bridgehead atoms. The van der Waals surface area contributed by atoms with E-state index in [1.165, 1.54) is 0 Å². The van der Waals surface area contributed by atoms with Crippen molar-refractivity contribution in [2.24, 2.45) is 0 Å². The summed E-state index contributed by atoms with van der Waals surface area (Å²) < 4.78 is 27.5. The van der Waals surface area contributed by atoms with Gasteiger partial charge < -0.3 is 9.88 Å². The predicted octanol–water partition coefficient (Wildman–Crippen LogP) is 2.04. The molecular formula is C16H22N4O2S. The first kappa shape index (κ1) is 16.0. The number of hydrogen-bond donors (Lipinski definition) is 1. The molecule has 0 radical (unpaired) electrons. The molecule has 1 aliphatic rings. The molecule has 1 N–H and O–H groups in total. The Morgan fingerprint density at radius 1 is 1.35 bits per heavy atom. The van der Waals surface area contributed by atoms with Crippen LogP contribution < -0.4 is 4.90 Å². The number of imidazole rings is 1. The fourth-order valence-electron chi connectivity index (χ4n) is 2.96. The number of hydrogen-bond acceptors (Lipinski definition) is 4. The summed E-state index contributed by atoms with van der Waals surface area (Å²) in [7, 11) is 0.328. The molecule has 124 valence electrons. The predicted molar refractivity (Wildman–Crippen MR) is 90.1 cm³/mol. The molecule has 1 fully saturated rings. The molecule has 3 rings (SSSR count). The van der Waals surface area contributed by atoms with E-state index in [0.717, 1.165) is 24.4 Å². The van der Waals surface area contributed by atoms with E-state index < -0.39 is 10.0 Å². The van der Waals surface area contributed by atoms with Crippen molar-refractivity contribution in [2.75, 3.05) is 32.1 Å². The Hall–Kier alpha value is -1.86. The van der Waals surface area contributed by atoms with Crippen LogP contribution in [0.4, 0.5) is 5.69 Å². The van der Waals surface area contributed by atoms with Crippen LogP contribution in [0.1, 0.15) is 24.6 Å². The lowest BCUT2D eigenvalue weighted by molar-refractivity contribution is 0.310.